The molecule has 3 N–H and O–H groups in total. The summed E-state index contributed by atoms with van der Waals surface area (Å²) in [7, 11) is 1.30. The van der Waals surface area contributed by atoms with Crippen LogP contribution in [0.3, 0.4) is 0 Å². The van der Waals surface area contributed by atoms with Crippen LogP contribution in [0, 0.1) is 5.41 Å². The van der Waals surface area contributed by atoms with Crippen molar-refractivity contribution in [1.82, 2.24) is 0 Å². The van der Waals surface area contributed by atoms with Crippen molar-refractivity contribution in [3.8, 4) is 0 Å². The van der Waals surface area contributed by atoms with Gasteiger partial charge in [0.1, 0.15) is 11.6 Å². The van der Waals surface area contributed by atoms with Gasteiger partial charge in [-0.25, -0.2) is 9.79 Å². The van der Waals surface area contributed by atoms with Gasteiger partial charge in [0.05, 0.1) is 29.9 Å². The molecule has 0 spiro atoms. The Balaban J connectivity index is 1.85. The van der Waals surface area contributed by atoms with Crippen molar-refractivity contribution in [2.24, 2.45) is 4.99 Å². The van der Waals surface area contributed by atoms with E-state index in [1.807, 2.05) is 0 Å². The molecule has 0 saturated carbocycles. The Bertz CT molecular complexity index is 695. The molecule has 1 aliphatic rings. The second-order valence-corrected chi connectivity index (χ2v) is 5.66. The number of allylic oxidation sites excluding steroid dienone is 1. The molecule has 120 valence electrons. The molecule has 0 radical (unpaired) electrons. The lowest BCUT2D eigenvalue weighted by Gasteiger charge is -2.10. The van der Waals surface area contributed by atoms with Crippen molar-refractivity contribution >= 4 is 40.2 Å². The first-order valence-electron chi connectivity index (χ1n) is 6.64. The lowest BCUT2D eigenvalue weighted by Crippen LogP contribution is -2.16. The molecule has 1 aliphatic heterocycles. The number of anilines is 1. The highest BCUT2D eigenvalue weighted by Crippen LogP contribution is 2.17. The normalized spacial score (nSPS) is 13.9. The number of rotatable bonds is 4. The van der Waals surface area contributed by atoms with Crippen LogP contribution in [0.5, 0.6) is 0 Å². The molecule has 7 nitrogen and oxygen atoms in total. The van der Waals surface area contributed by atoms with Gasteiger partial charge in [0.25, 0.3) is 0 Å². The Hall–Kier alpha value is -2.61. The van der Waals surface area contributed by atoms with Gasteiger partial charge in [0.15, 0.2) is 0 Å². The van der Waals surface area contributed by atoms with Crippen molar-refractivity contribution in [3.05, 3.63) is 41.7 Å². The summed E-state index contributed by atoms with van der Waals surface area (Å²) >= 11 is 1.17. The zero-order valence-corrected chi connectivity index (χ0v) is 13.1. The number of amidine groups is 1. The lowest BCUT2D eigenvalue weighted by molar-refractivity contribution is -0.113. The first-order chi connectivity index (χ1) is 11.0. The summed E-state index contributed by atoms with van der Waals surface area (Å²) in [5, 5.41) is 20.0. The largest absolute Gasteiger partial charge is 0.512 e. The van der Waals surface area contributed by atoms with Crippen LogP contribution in [0.2, 0.25) is 0 Å². The Morgan fingerprint density at radius 2 is 2.09 bits per heavy atom. The number of aliphatic imine (C=N–C) groups is 1. The SMILES string of the molecule is COC(=O)c1ccc(NC(=O)CSC2=NC(=N)C=C(O)C2)cc1. The van der Waals surface area contributed by atoms with Crippen LogP contribution in [-0.2, 0) is 9.53 Å². The molecule has 1 aromatic carbocycles. The predicted octanol–water partition coefficient (Wildman–Crippen LogP) is 2.37. The summed E-state index contributed by atoms with van der Waals surface area (Å²) in [6.45, 7) is 0. The molecule has 1 amide bonds. The lowest BCUT2D eigenvalue weighted by atomic mass is 10.2. The molecule has 0 fully saturated rings. The van der Waals surface area contributed by atoms with Crippen LogP contribution in [0.15, 0.2) is 41.1 Å². The van der Waals surface area contributed by atoms with Crippen molar-refractivity contribution in [2.45, 2.75) is 6.42 Å². The number of carbonyl (C=O) groups excluding carboxylic acids is 2. The fraction of sp³-hybridized carbons (Fsp3) is 0.200. The third-order valence-electron chi connectivity index (χ3n) is 2.84. The van der Waals surface area contributed by atoms with E-state index < -0.39 is 5.97 Å². The highest BCUT2D eigenvalue weighted by molar-refractivity contribution is 8.14. The zero-order chi connectivity index (χ0) is 16.8. The summed E-state index contributed by atoms with van der Waals surface area (Å²) in [5.41, 5.74) is 0.960. The first kappa shape index (κ1) is 16.8. The Kier molecular flexibility index (Phi) is 5.53. The molecular formula is C15H15N3O4S. The molecule has 0 aromatic heterocycles. The smallest absolute Gasteiger partial charge is 0.337 e. The molecule has 0 aliphatic carbocycles. The molecule has 0 atom stereocenters. The summed E-state index contributed by atoms with van der Waals surface area (Å²) in [6, 6.07) is 6.34. The van der Waals surface area contributed by atoms with Gasteiger partial charge >= 0.3 is 5.97 Å². The number of amides is 1. The number of ether oxygens (including phenoxy) is 1. The number of aliphatic hydroxyl groups excluding tert-OH is 1. The van der Waals surface area contributed by atoms with Gasteiger partial charge in [-0.3, -0.25) is 10.2 Å². The van der Waals surface area contributed by atoms with Gasteiger partial charge in [-0.1, -0.05) is 0 Å². The number of carbonyl (C=O) groups is 2. The van der Waals surface area contributed by atoms with Gasteiger partial charge in [-0.2, -0.15) is 0 Å². The van der Waals surface area contributed by atoms with Crippen molar-refractivity contribution < 1.29 is 19.4 Å². The number of hydrogen-bond acceptors (Lipinski definition) is 6. The number of nitrogens with zero attached hydrogens (tertiary/aromatic N) is 1. The standard InChI is InChI=1S/C15H15N3O4S/c1-22-15(21)9-2-4-10(5-3-9)17-13(20)8-23-14-7-11(19)6-12(16)18-14/h2-6,16,19H,7-8H2,1H3,(H,17,20). The number of hydrogen-bond donors (Lipinski definition) is 3. The fourth-order valence-corrected chi connectivity index (χ4v) is 2.59. The molecule has 8 heteroatoms. The first-order valence-corrected chi connectivity index (χ1v) is 7.63. The van der Waals surface area contributed by atoms with E-state index in [9.17, 15) is 14.7 Å². The summed E-state index contributed by atoms with van der Waals surface area (Å²) in [6.07, 6.45) is 1.50. The minimum absolute atomic E-state index is 0.0324. The molecule has 1 aromatic rings. The molecule has 0 unspecified atom stereocenters. The Morgan fingerprint density at radius 3 is 2.70 bits per heavy atom. The minimum atomic E-state index is -0.441. The maximum absolute atomic E-state index is 11.9. The Labute approximate surface area is 137 Å². The number of nitrogens with one attached hydrogen (secondary N) is 2. The maximum Gasteiger partial charge on any atom is 0.337 e. The van der Waals surface area contributed by atoms with Crippen LogP contribution in [0.4, 0.5) is 5.69 Å². The average Bonchev–Trinajstić information content (AvgIpc) is 2.52. The van der Waals surface area contributed by atoms with E-state index in [-0.39, 0.29) is 29.7 Å². The van der Waals surface area contributed by atoms with E-state index >= 15 is 0 Å². The number of methoxy groups -OCH3 is 1. The Morgan fingerprint density at radius 1 is 1.39 bits per heavy atom. The van der Waals surface area contributed by atoms with Gasteiger partial charge in [-0.05, 0) is 24.3 Å². The number of aliphatic hydroxyl groups is 1. The topological polar surface area (TPSA) is 112 Å². The predicted molar refractivity (Wildman–Crippen MR) is 89.4 cm³/mol. The third kappa shape index (κ3) is 4.96. The quantitative estimate of drug-likeness (QED) is 0.732. The van der Waals surface area contributed by atoms with Crippen molar-refractivity contribution in [1.29, 1.82) is 5.41 Å². The van der Waals surface area contributed by atoms with E-state index in [4.69, 9.17) is 5.41 Å². The second kappa shape index (κ2) is 7.59. The number of thioether (sulfide) groups is 1. The molecular weight excluding hydrogens is 318 g/mol. The summed E-state index contributed by atoms with van der Waals surface area (Å²) in [4.78, 5) is 27.1. The van der Waals surface area contributed by atoms with E-state index in [0.717, 1.165) is 0 Å². The monoisotopic (exact) mass is 333 g/mol. The highest BCUT2D eigenvalue weighted by Gasteiger charge is 2.13. The van der Waals surface area contributed by atoms with Gasteiger partial charge in [-0.15, -0.1) is 11.8 Å². The summed E-state index contributed by atoms with van der Waals surface area (Å²) < 4.78 is 4.60. The minimum Gasteiger partial charge on any atom is -0.512 e. The molecule has 23 heavy (non-hydrogen) atoms. The average molecular weight is 333 g/mol. The number of esters is 1. The molecule has 0 saturated heterocycles. The van der Waals surface area contributed by atoms with Crippen LogP contribution in [-0.4, -0.2) is 40.7 Å². The van der Waals surface area contributed by atoms with Crippen LogP contribution < -0.4 is 5.32 Å². The number of benzene rings is 1. The van der Waals surface area contributed by atoms with E-state index in [1.165, 1.54) is 24.9 Å². The number of dihydropyridines is 1. The van der Waals surface area contributed by atoms with E-state index in [1.54, 1.807) is 24.3 Å². The van der Waals surface area contributed by atoms with E-state index in [2.05, 4.69) is 15.0 Å². The van der Waals surface area contributed by atoms with Crippen LogP contribution in [0.25, 0.3) is 0 Å². The second-order valence-electron chi connectivity index (χ2n) is 4.61. The highest BCUT2D eigenvalue weighted by atomic mass is 32.2. The van der Waals surface area contributed by atoms with Crippen LogP contribution in [0.1, 0.15) is 16.8 Å². The van der Waals surface area contributed by atoms with Crippen molar-refractivity contribution in [2.75, 3.05) is 18.2 Å². The molecule has 1 heterocycles. The fourth-order valence-electron chi connectivity index (χ4n) is 1.81. The zero-order valence-electron chi connectivity index (χ0n) is 12.3. The molecule has 2 rings (SSSR count). The van der Waals surface area contributed by atoms with Crippen molar-refractivity contribution in [3.63, 3.8) is 0 Å². The van der Waals surface area contributed by atoms with Gasteiger partial charge in [0, 0.05) is 11.8 Å². The summed E-state index contributed by atoms with van der Waals surface area (Å²) in [5.74, 6) is -0.549. The van der Waals surface area contributed by atoms with E-state index in [0.29, 0.717) is 16.3 Å². The van der Waals surface area contributed by atoms with Crippen LogP contribution >= 0.6 is 11.8 Å². The molecule has 0 bridgehead atoms. The maximum atomic E-state index is 11.9. The third-order valence-corrected chi connectivity index (χ3v) is 3.82. The van der Waals surface area contributed by atoms with Gasteiger partial charge in [0.2, 0.25) is 5.91 Å². The van der Waals surface area contributed by atoms with Gasteiger partial charge < -0.3 is 15.2 Å².